The Bertz CT molecular complexity index is 1120. The van der Waals surface area contributed by atoms with Crippen molar-refractivity contribution in [3.63, 3.8) is 0 Å². The molecule has 4 aromatic rings. The molecule has 0 aliphatic carbocycles. The van der Waals surface area contributed by atoms with Crippen LogP contribution in [0.2, 0.25) is 0 Å². The number of hydrogen-bond acceptors (Lipinski definition) is 2. The number of hydrogen-bond donors (Lipinski definition) is 1. The molecule has 0 atom stereocenters. The number of nitrogens with one attached hydrogen (secondary N) is 1. The highest BCUT2D eigenvalue weighted by atomic mass is 35.5. The highest BCUT2D eigenvalue weighted by Gasteiger charge is 2.30. The van der Waals surface area contributed by atoms with Crippen molar-refractivity contribution in [3.8, 4) is 0 Å². The molecule has 27 heavy (non-hydrogen) atoms. The summed E-state index contributed by atoms with van der Waals surface area (Å²) in [5.41, 5.74) is 2.07. The minimum atomic E-state index is -4.37. The molecule has 0 spiro atoms. The van der Waals surface area contributed by atoms with Gasteiger partial charge in [-0.1, -0.05) is 42.5 Å². The van der Waals surface area contributed by atoms with Crippen LogP contribution < -0.4 is 5.32 Å². The van der Waals surface area contributed by atoms with E-state index in [1.54, 1.807) is 6.07 Å². The zero-order valence-electron chi connectivity index (χ0n) is 14.3. The van der Waals surface area contributed by atoms with Crippen LogP contribution >= 0.6 is 12.4 Å². The van der Waals surface area contributed by atoms with E-state index in [1.165, 1.54) is 6.07 Å². The first-order chi connectivity index (χ1) is 12.4. The molecule has 0 saturated heterocycles. The Labute approximate surface area is 160 Å². The summed E-state index contributed by atoms with van der Waals surface area (Å²) in [7, 11) is 0. The van der Waals surface area contributed by atoms with E-state index in [1.807, 2.05) is 49.4 Å². The highest BCUT2D eigenvalue weighted by Crippen LogP contribution is 2.34. The third-order valence-corrected chi connectivity index (χ3v) is 4.30. The molecule has 0 radical (unpaired) electrons. The average Bonchev–Trinajstić information content (AvgIpc) is 2.61. The number of nitrogens with zero attached hydrogens (tertiary/aromatic N) is 1. The number of alkyl halides is 3. The Morgan fingerprint density at radius 2 is 1.63 bits per heavy atom. The lowest BCUT2D eigenvalue weighted by atomic mass is 10.0. The third kappa shape index (κ3) is 3.69. The van der Waals surface area contributed by atoms with Gasteiger partial charge in [0.25, 0.3) is 0 Å². The number of anilines is 2. The Balaban J connectivity index is 0.00000210. The van der Waals surface area contributed by atoms with E-state index < -0.39 is 11.7 Å². The molecule has 1 aromatic heterocycles. The van der Waals surface area contributed by atoms with Crippen molar-refractivity contribution >= 4 is 45.5 Å². The predicted molar refractivity (Wildman–Crippen MR) is 106 cm³/mol. The maximum Gasteiger partial charge on any atom is 0.416 e. The Morgan fingerprint density at radius 3 is 2.41 bits per heavy atom. The molecule has 6 heteroatoms. The second kappa shape index (κ2) is 7.08. The number of halogens is 4. The fraction of sp³-hybridized carbons (Fsp3) is 0.0952. The summed E-state index contributed by atoms with van der Waals surface area (Å²) in [4.78, 5) is 4.64. The lowest BCUT2D eigenvalue weighted by Crippen LogP contribution is -2.05. The summed E-state index contributed by atoms with van der Waals surface area (Å²) < 4.78 is 38.9. The smallest absolute Gasteiger partial charge is 0.355 e. The molecule has 1 N–H and O–H groups in total. The van der Waals surface area contributed by atoms with Crippen molar-refractivity contribution in [1.29, 1.82) is 0 Å². The molecule has 0 bridgehead atoms. The molecular weight excluding hydrogens is 373 g/mol. The molecule has 4 rings (SSSR count). The van der Waals surface area contributed by atoms with Gasteiger partial charge >= 0.3 is 6.18 Å². The molecule has 3 aromatic carbocycles. The van der Waals surface area contributed by atoms with Crippen LogP contribution in [0, 0.1) is 6.92 Å². The van der Waals surface area contributed by atoms with Crippen LogP contribution in [0.3, 0.4) is 0 Å². The van der Waals surface area contributed by atoms with Crippen molar-refractivity contribution in [3.05, 3.63) is 78.0 Å². The Kier molecular flexibility index (Phi) is 4.98. The topological polar surface area (TPSA) is 24.9 Å². The summed E-state index contributed by atoms with van der Waals surface area (Å²) >= 11 is 0. The summed E-state index contributed by atoms with van der Waals surface area (Å²) in [5, 5.41) is 6.08. The van der Waals surface area contributed by atoms with Gasteiger partial charge in [-0.05, 0) is 36.6 Å². The lowest BCUT2D eigenvalue weighted by Gasteiger charge is -2.14. The van der Waals surface area contributed by atoms with Gasteiger partial charge in [0, 0.05) is 27.8 Å². The first-order valence-corrected chi connectivity index (χ1v) is 8.15. The first-order valence-electron chi connectivity index (χ1n) is 8.15. The van der Waals surface area contributed by atoms with Crippen LogP contribution in [0.15, 0.2) is 66.7 Å². The number of rotatable bonds is 2. The normalized spacial score (nSPS) is 11.4. The lowest BCUT2D eigenvalue weighted by molar-refractivity contribution is -0.137. The molecular formula is C21H16ClF3N2. The van der Waals surface area contributed by atoms with Gasteiger partial charge in [-0.2, -0.15) is 13.2 Å². The maximum absolute atomic E-state index is 13.0. The number of benzene rings is 3. The molecule has 0 aliphatic rings. The second-order valence-electron chi connectivity index (χ2n) is 6.20. The molecule has 0 unspecified atom stereocenters. The number of aryl methyl sites for hydroxylation is 1. The number of pyridine rings is 1. The van der Waals surface area contributed by atoms with Crippen LogP contribution in [0.1, 0.15) is 11.3 Å². The molecule has 0 saturated carbocycles. The van der Waals surface area contributed by atoms with Crippen molar-refractivity contribution in [2.45, 2.75) is 13.1 Å². The van der Waals surface area contributed by atoms with Gasteiger partial charge in [0.1, 0.15) is 0 Å². The Morgan fingerprint density at radius 1 is 0.852 bits per heavy atom. The van der Waals surface area contributed by atoms with Gasteiger partial charge in [-0.25, -0.2) is 0 Å². The molecule has 0 amide bonds. The van der Waals surface area contributed by atoms with Crippen LogP contribution in [0.25, 0.3) is 21.7 Å². The van der Waals surface area contributed by atoms with Crippen molar-refractivity contribution in [2.75, 3.05) is 5.32 Å². The minimum Gasteiger partial charge on any atom is -0.355 e. The quantitative estimate of drug-likeness (QED) is 0.378. The van der Waals surface area contributed by atoms with E-state index in [0.29, 0.717) is 5.69 Å². The fourth-order valence-corrected chi connectivity index (χ4v) is 3.12. The standard InChI is InChI=1S/C21H15F3N2.ClH/c1-13-11-19(26-16-7-4-6-15(12-16)21(22,23)24)18-10-9-14-5-2-3-8-17(14)20(18)25-13;/h2-12H,1H3,(H,25,26);1H. The predicted octanol–water partition coefficient (Wildman–Crippen LogP) is 6.88. The van der Waals surface area contributed by atoms with Crippen molar-refractivity contribution in [2.24, 2.45) is 0 Å². The van der Waals surface area contributed by atoms with E-state index in [0.717, 1.165) is 45.2 Å². The zero-order valence-corrected chi connectivity index (χ0v) is 15.2. The highest BCUT2D eigenvalue weighted by molar-refractivity contribution is 6.09. The van der Waals surface area contributed by atoms with Crippen molar-refractivity contribution in [1.82, 2.24) is 4.98 Å². The van der Waals surface area contributed by atoms with Gasteiger partial charge in [0.05, 0.1) is 11.1 Å². The van der Waals surface area contributed by atoms with Crippen LogP contribution in [-0.2, 0) is 6.18 Å². The van der Waals surface area contributed by atoms with E-state index in [4.69, 9.17) is 0 Å². The summed E-state index contributed by atoms with van der Waals surface area (Å²) in [5.74, 6) is 0. The molecule has 0 aliphatic heterocycles. The number of aromatic nitrogens is 1. The largest absolute Gasteiger partial charge is 0.416 e. The van der Waals surface area contributed by atoms with E-state index in [9.17, 15) is 13.2 Å². The number of fused-ring (bicyclic) bond motifs is 3. The van der Waals surface area contributed by atoms with Crippen LogP contribution in [0.5, 0.6) is 0 Å². The first kappa shape index (κ1) is 19.0. The van der Waals surface area contributed by atoms with Gasteiger partial charge in [-0.15, -0.1) is 12.4 Å². The van der Waals surface area contributed by atoms with E-state index in [-0.39, 0.29) is 12.4 Å². The monoisotopic (exact) mass is 388 g/mol. The zero-order chi connectivity index (χ0) is 18.3. The molecule has 1 heterocycles. The van der Waals surface area contributed by atoms with Crippen LogP contribution in [-0.4, -0.2) is 4.98 Å². The summed E-state index contributed by atoms with van der Waals surface area (Å²) in [6, 6.07) is 18.9. The SMILES string of the molecule is Cc1cc(Nc2cccc(C(F)(F)F)c2)c2ccc3ccccc3c2n1.Cl. The third-order valence-electron chi connectivity index (χ3n) is 4.30. The van der Waals surface area contributed by atoms with E-state index >= 15 is 0 Å². The second-order valence-corrected chi connectivity index (χ2v) is 6.20. The summed E-state index contributed by atoms with van der Waals surface area (Å²) in [6.07, 6.45) is -4.37. The average molecular weight is 389 g/mol. The maximum atomic E-state index is 13.0. The summed E-state index contributed by atoms with van der Waals surface area (Å²) in [6.45, 7) is 1.87. The minimum absolute atomic E-state index is 0. The van der Waals surface area contributed by atoms with Gasteiger partial charge < -0.3 is 5.32 Å². The Hall–Kier alpha value is -2.79. The molecule has 0 fully saturated rings. The van der Waals surface area contributed by atoms with Gasteiger partial charge in [0.2, 0.25) is 0 Å². The molecule has 138 valence electrons. The fourth-order valence-electron chi connectivity index (χ4n) is 3.12. The van der Waals surface area contributed by atoms with Crippen LogP contribution in [0.4, 0.5) is 24.5 Å². The van der Waals surface area contributed by atoms with Crippen molar-refractivity contribution < 1.29 is 13.2 Å². The van der Waals surface area contributed by atoms with Gasteiger partial charge in [-0.3, -0.25) is 4.98 Å². The van der Waals surface area contributed by atoms with Gasteiger partial charge in [0.15, 0.2) is 0 Å². The molecule has 2 nitrogen and oxygen atoms in total. The van der Waals surface area contributed by atoms with E-state index in [2.05, 4.69) is 10.3 Å².